The third kappa shape index (κ3) is 3.27. The number of benzene rings is 1. The number of carbonyl (C=O) groups excluding carboxylic acids is 1. The first-order chi connectivity index (χ1) is 9.61. The van der Waals surface area contributed by atoms with Crippen LogP contribution in [0.5, 0.6) is 0 Å². The number of hydrogen-bond acceptors (Lipinski definition) is 5. The predicted octanol–water partition coefficient (Wildman–Crippen LogP) is 2.16. The fraction of sp³-hybridized carbons (Fsp3) is 0.214. The largest absolute Gasteiger partial charge is 0.465 e. The van der Waals surface area contributed by atoms with E-state index < -0.39 is 11.5 Å². The first-order valence-corrected chi connectivity index (χ1v) is 6.96. The van der Waals surface area contributed by atoms with E-state index in [0.717, 1.165) is 5.56 Å². The van der Waals surface area contributed by atoms with Crippen LogP contribution in [0.2, 0.25) is 0 Å². The predicted molar refractivity (Wildman–Crippen MR) is 76.9 cm³/mol. The van der Waals surface area contributed by atoms with Crippen LogP contribution in [-0.2, 0) is 10.5 Å². The molecular formula is C14H14N2O3S. The van der Waals surface area contributed by atoms with Crippen molar-refractivity contribution in [2.45, 2.75) is 17.7 Å². The first kappa shape index (κ1) is 14.3. The number of hydrogen-bond donors (Lipinski definition) is 1. The highest BCUT2D eigenvalue weighted by atomic mass is 32.2. The van der Waals surface area contributed by atoms with Crippen molar-refractivity contribution in [1.82, 2.24) is 9.97 Å². The van der Waals surface area contributed by atoms with Gasteiger partial charge in [0.05, 0.1) is 7.11 Å². The molecular weight excluding hydrogens is 276 g/mol. The Bertz CT molecular complexity index is 668. The number of thioether (sulfide) groups is 1. The average molecular weight is 290 g/mol. The number of esters is 1. The number of rotatable bonds is 4. The van der Waals surface area contributed by atoms with E-state index in [2.05, 4.69) is 14.7 Å². The Labute approximate surface area is 120 Å². The molecule has 1 heterocycles. The van der Waals surface area contributed by atoms with Crippen LogP contribution in [0.15, 0.2) is 40.2 Å². The Hall–Kier alpha value is -2.08. The Morgan fingerprint density at radius 2 is 2.05 bits per heavy atom. The van der Waals surface area contributed by atoms with Gasteiger partial charge in [0.2, 0.25) is 0 Å². The zero-order valence-electron chi connectivity index (χ0n) is 11.2. The summed E-state index contributed by atoms with van der Waals surface area (Å²) in [5.41, 5.74) is 0.576. The molecule has 6 heteroatoms. The maximum absolute atomic E-state index is 11.9. The number of carbonyl (C=O) groups is 1. The monoisotopic (exact) mass is 290 g/mol. The maximum Gasteiger partial charge on any atom is 0.346 e. The number of aromatic amines is 1. The molecule has 0 spiro atoms. The summed E-state index contributed by atoms with van der Waals surface area (Å²) < 4.78 is 4.64. The Balaban J connectivity index is 2.31. The fourth-order valence-electron chi connectivity index (χ4n) is 1.67. The lowest BCUT2D eigenvalue weighted by Gasteiger charge is -2.07. The third-order valence-corrected chi connectivity index (χ3v) is 3.66. The van der Waals surface area contributed by atoms with E-state index in [1.165, 1.54) is 18.9 Å². The zero-order chi connectivity index (χ0) is 14.5. The molecule has 1 aromatic heterocycles. The van der Waals surface area contributed by atoms with Gasteiger partial charge in [-0.05, 0) is 12.5 Å². The molecule has 1 N–H and O–H groups in total. The van der Waals surface area contributed by atoms with E-state index in [-0.39, 0.29) is 5.56 Å². The van der Waals surface area contributed by atoms with Crippen LogP contribution in [0.25, 0.3) is 0 Å². The van der Waals surface area contributed by atoms with Crippen LogP contribution in [0.3, 0.4) is 0 Å². The fourth-order valence-corrected chi connectivity index (χ4v) is 2.69. The van der Waals surface area contributed by atoms with E-state index >= 15 is 0 Å². The number of nitrogens with zero attached hydrogens (tertiary/aromatic N) is 1. The lowest BCUT2D eigenvalue weighted by molar-refractivity contribution is 0.0593. The summed E-state index contributed by atoms with van der Waals surface area (Å²) in [6, 6.07) is 9.76. The van der Waals surface area contributed by atoms with Crippen molar-refractivity contribution in [2.75, 3.05) is 7.11 Å². The second-order valence-electron chi connectivity index (χ2n) is 4.10. The van der Waals surface area contributed by atoms with Crippen LogP contribution in [-0.4, -0.2) is 23.0 Å². The van der Waals surface area contributed by atoms with Crippen molar-refractivity contribution in [2.24, 2.45) is 0 Å². The summed E-state index contributed by atoms with van der Waals surface area (Å²) in [5, 5.41) is 0.391. The molecule has 2 aromatic rings. The van der Waals surface area contributed by atoms with Gasteiger partial charge >= 0.3 is 5.97 Å². The highest BCUT2D eigenvalue weighted by Gasteiger charge is 2.19. The van der Waals surface area contributed by atoms with E-state index in [1.54, 1.807) is 6.92 Å². The Morgan fingerprint density at radius 3 is 2.70 bits per heavy atom. The molecule has 20 heavy (non-hydrogen) atoms. The zero-order valence-corrected chi connectivity index (χ0v) is 12.0. The average Bonchev–Trinajstić information content (AvgIpc) is 2.45. The second-order valence-corrected chi connectivity index (χ2v) is 5.06. The van der Waals surface area contributed by atoms with Gasteiger partial charge in [-0.3, -0.25) is 4.79 Å². The molecule has 0 radical (unpaired) electrons. The van der Waals surface area contributed by atoms with Crippen molar-refractivity contribution in [3.05, 3.63) is 57.6 Å². The molecule has 1 aromatic carbocycles. The summed E-state index contributed by atoms with van der Waals surface area (Å²) >= 11 is 1.34. The van der Waals surface area contributed by atoms with Crippen LogP contribution in [0.1, 0.15) is 21.7 Å². The highest BCUT2D eigenvalue weighted by molar-refractivity contribution is 7.98. The molecule has 0 atom stereocenters. The molecule has 0 aliphatic rings. The molecule has 0 saturated carbocycles. The summed E-state index contributed by atoms with van der Waals surface area (Å²) in [4.78, 5) is 30.3. The normalized spacial score (nSPS) is 10.3. The van der Waals surface area contributed by atoms with Crippen molar-refractivity contribution in [3.8, 4) is 0 Å². The number of aryl methyl sites for hydroxylation is 1. The van der Waals surface area contributed by atoms with Gasteiger partial charge in [0.25, 0.3) is 5.56 Å². The van der Waals surface area contributed by atoms with Gasteiger partial charge in [-0.2, -0.15) is 0 Å². The molecule has 2 rings (SSSR count). The van der Waals surface area contributed by atoms with Gasteiger partial charge in [0.1, 0.15) is 10.9 Å². The van der Waals surface area contributed by atoms with Crippen LogP contribution >= 0.6 is 11.8 Å². The van der Waals surface area contributed by atoms with E-state index in [4.69, 9.17) is 0 Å². The topological polar surface area (TPSA) is 72.0 Å². The minimum atomic E-state index is -0.672. The number of methoxy groups -OCH3 is 1. The lowest BCUT2D eigenvalue weighted by Crippen LogP contribution is -2.22. The van der Waals surface area contributed by atoms with Crippen LogP contribution in [0.4, 0.5) is 0 Å². The standard InChI is InChI=1S/C14H14N2O3S/c1-9-15-12(17)11(14(18)19-2)13(16-9)20-8-10-6-4-3-5-7-10/h3-7H,8H2,1-2H3,(H,15,16,17). The molecule has 5 nitrogen and oxygen atoms in total. The van der Waals surface area contributed by atoms with Gasteiger partial charge in [-0.25, -0.2) is 9.78 Å². The number of nitrogens with one attached hydrogen (secondary N) is 1. The molecule has 0 aliphatic heterocycles. The molecule has 0 bridgehead atoms. The number of aromatic nitrogens is 2. The number of H-pyrrole nitrogens is 1. The molecule has 0 fully saturated rings. The number of ether oxygens (including phenoxy) is 1. The smallest absolute Gasteiger partial charge is 0.346 e. The van der Waals surface area contributed by atoms with Gasteiger partial charge in [0.15, 0.2) is 5.56 Å². The van der Waals surface area contributed by atoms with E-state index in [1.807, 2.05) is 30.3 Å². The van der Waals surface area contributed by atoms with Gasteiger partial charge < -0.3 is 9.72 Å². The minimum Gasteiger partial charge on any atom is -0.465 e. The van der Waals surface area contributed by atoms with Gasteiger partial charge in [0, 0.05) is 5.75 Å². The first-order valence-electron chi connectivity index (χ1n) is 5.97. The third-order valence-electron chi connectivity index (χ3n) is 2.61. The Kier molecular flexibility index (Phi) is 4.57. The van der Waals surface area contributed by atoms with Crippen molar-refractivity contribution in [1.29, 1.82) is 0 Å². The molecule has 104 valence electrons. The van der Waals surface area contributed by atoms with Crippen LogP contribution < -0.4 is 5.56 Å². The minimum absolute atomic E-state index is 0.0426. The summed E-state index contributed by atoms with van der Waals surface area (Å²) in [6.45, 7) is 1.68. The molecule has 0 unspecified atom stereocenters. The van der Waals surface area contributed by atoms with Crippen molar-refractivity contribution in [3.63, 3.8) is 0 Å². The van der Waals surface area contributed by atoms with E-state index in [0.29, 0.717) is 16.6 Å². The molecule has 0 amide bonds. The van der Waals surface area contributed by atoms with E-state index in [9.17, 15) is 9.59 Å². The molecule has 0 saturated heterocycles. The van der Waals surface area contributed by atoms with Crippen molar-refractivity contribution < 1.29 is 9.53 Å². The Morgan fingerprint density at radius 1 is 1.35 bits per heavy atom. The van der Waals surface area contributed by atoms with Crippen molar-refractivity contribution >= 4 is 17.7 Å². The van der Waals surface area contributed by atoms with Gasteiger partial charge in [-0.15, -0.1) is 11.8 Å². The SMILES string of the molecule is COC(=O)c1c(SCc2ccccc2)nc(C)[nH]c1=O. The second kappa shape index (κ2) is 6.38. The quantitative estimate of drug-likeness (QED) is 0.531. The van der Waals surface area contributed by atoms with Crippen LogP contribution in [0, 0.1) is 6.92 Å². The summed E-state index contributed by atoms with van der Waals surface area (Å²) in [5.74, 6) is 0.424. The maximum atomic E-state index is 11.9. The lowest BCUT2D eigenvalue weighted by atomic mass is 10.2. The highest BCUT2D eigenvalue weighted by Crippen LogP contribution is 2.23. The van der Waals surface area contributed by atoms with Gasteiger partial charge in [-0.1, -0.05) is 30.3 Å². The molecule has 0 aliphatic carbocycles. The summed E-state index contributed by atoms with van der Waals surface area (Å²) in [7, 11) is 1.24. The summed E-state index contributed by atoms with van der Waals surface area (Å²) in [6.07, 6.45) is 0.